The summed E-state index contributed by atoms with van der Waals surface area (Å²) < 4.78 is 68.0. The van der Waals surface area contributed by atoms with Gasteiger partial charge in [0.2, 0.25) is 15.9 Å². The SMILES string of the molecule is Cc1ccc(S(=O)(=O)NC(CN2CCCC2=O)c2cccc(C(F)(F)F)c2)cc1C. The van der Waals surface area contributed by atoms with Crippen LogP contribution in [0.3, 0.4) is 0 Å². The van der Waals surface area contributed by atoms with Crippen LogP contribution in [0.15, 0.2) is 47.4 Å². The first-order chi connectivity index (χ1) is 14.0. The smallest absolute Gasteiger partial charge is 0.341 e. The van der Waals surface area contributed by atoms with Crippen LogP contribution in [-0.4, -0.2) is 32.3 Å². The lowest BCUT2D eigenvalue weighted by atomic mass is 10.0. The molecule has 30 heavy (non-hydrogen) atoms. The second kappa shape index (κ2) is 8.39. The van der Waals surface area contributed by atoms with E-state index in [1.54, 1.807) is 13.0 Å². The first kappa shape index (κ1) is 22.3. The van der Waals surface area contributed by atoms with Crippen LogP contribution in [-0.2, 0) is 21.0 Å². The summed E-state index contributed by atoms with van der Waals surface area (Å²) in [6, 6.07) is 8.16. The molecule has 9 heteroatoms. The van der Waals surface area contributed by atoms with E-state index in [2.05, 4.69) is 4.72 Å². The molecule has 1 atom stereocenters. The topological polar surface area (TPSA) is 66.5 Å². The molecule has 1 aliphatic heterocycles. The fourth-order valence-corrected chi connectivity index (χ4v) is 4.70. The van der Waals surface area contributed by atoms with E-state index >= 15 is 0 Å². The minimum absolute atomic E-state index is 0.0234. The average Bonchev–Trinajstić information content (AvgIpc) is 3.07. The van der Waals surface area contributed by atoms with Crippen molar-refractivity contribution in [3.8, 4) is 0 Å². The summed E-state index contributed by atoms with van der Waals surface area (Å²) in [6.07, 6.45) is -3.58. The number of likely N-dealkylation sites (tertiary alicyclic amines) is 1. The van der Waals surface area contributed by atoms with Gasteiger partial charge in [-0.1, -0.05) is 18.2 Å². The van der Waals surface area contributed by atoms with E-state index in [4.69, 9.17) is 0 Å². The molecule has 1 unspecified atom stereocenters. The second-order valence-electron chi connectivity index (χ2n) is 7.49. The highest BCUT2D eigenvalue weighted by Crippen LogP contribution is 2.31. The predicted octanol–water partition coefficient (Wildman–Crippen LogP) is 3.96. The van der Waals surface area contributed by atoms with Crippen LogP contribution in [0.4, 0.5) is 13.2 Å². The van der Waals surface area contributed by atoms with Crippen molar-refractivity contribution in [2.45, 2.75) is 43.8 Å². The van der Waals surface area contributed by atoms with E-state index in [1.165, 1.54) is 29.2 Å². The highest BCUT2D eigenvalue weighted by atomic mass is 32.2. The van der Waals surface area contributed by atoms with Crippen LogP contribution in [0.5, 0.6) is 0 Å². The van der Waals surface area contributed by atoms with Crippen molar-refractivity contribution in [2.75, 3.05) is 13.1 Å². The quantitative estimate of drug-likeness (QED) is 0.739. The van der Waals surface area contributed by atoms with Crippen molar-refractivity contribution in [3.05, 3.63) is 64.7 Å². The maximum Gasteiger partial charge on any atom is 0.416 e. The molecule has 5 nitrogen and oxygen atoms in total. The number of nitrogens with one attached hydrogen (secondary N) is 1. The number of carbonyl (C=O) groups is 1. The molecule has 1 fully saturated rings. The van der Waals surface area contributed by atoms with Crippen LogP contribution in [0.2, 0.25) is 0 Å². The number of sulfonamides is 1. The molecule has 0 aromatic heterocycles. The zero-order chi connectivity index (χ0) is 22.1. The Hall–Kier alpha value is -2.39. The third kappa shape index (κ3) is 5.02. The molecule has 162 valence electrons. The summed E-state index contributed by atoms with van der Waals surface area (Å²) in [7, 11) is -4.02. The number of nitrogens with zero attached hydrogens (tertiary/aromatic N) is 1. The summed E-state index contributed by atoms with van der Waals surface area (Å²) in [6.45, 7) is 4.04. The minimum Gasteiger partial charge on any atom is -0.341 e. The molecule has 0 radical (unpaired) electrons. The Balaban J connectivity index is 1.97. The first-order valence-electron chi connectivity index (χ1n) is 9.52. The van der Waals surface area contributed by atoms with Crippen molar-refractivity contribution in [1.82, 2.24) is 9.62 Å². The van der Waals surface area contributed by atoms with Crippen LogP contribution < -0.4 is 4.72 Å². The first-order valence-corrected chi connectivity index (χ1v) is 11.0. The minimum atomic E-state index is -4.56. The Bertz CT molecular complexity index is 1050. The molecule has 1 heterocycles. The Morgan fingerprint density at radius 1 is 1.10 bits per heavy atom. The monoisotopic (exact) mass is 440 g/mol. The largest absolute Gasteiger partial charge is 0.416 e. The van der Waals surface area contributed by atoms with E-state index in [1.807, 2.05) is 6.92 Å². The Kier molecular flexibility index (Phi) is 6.24. The van der Waals surface area contributed by atoms with Gasteiger partial charge in [0.25, 0.3) is 0 Å². The summed E-state index contributed by atoms with van der Waals surface area (Å²) >= 11 is 0. The zero-order valence-electron chi connectivity index (χ0n) is 16.7. The molecular formula is C21H23F3N2O3S. The van der Waals surface area contributed by atoms with Gasteiger partial charge in [-0.25, -0.2) is 13.1 Å². The molecule has 1 aliphatic rings. The average molecular weight is 440 g/mol. The Labute approximate surface area is 173 Å². The summed E-state index contributed by atoms with van der Waals surface area (Å²) in [5.74, 6) is -0.141. The van der Waals surface area contributed by atoms with Gasteiger partial charge in [-0.3, -0.25) is 4.79 Å². The number of carbonyl (C=O) groups excluding carboxylic acids is 1. The van der Waals surface area contributed by atoms with E-state index in [9.17, 15) is 26.4 Å². The molecule has 1 amide bonds. The normalized spacial score (nSPS) is 16.2. The molecule has 0 aliphatic carbocycles. The predicted molar refractivity (Wildman–Crippen MR) is 106 cm³/mol. The van der Waals surface area contributed by atoms with E-state index in [0.717, 1.165) is 23.3 Å². The van der Waals surface area contributed by atoms with Crippen molar-refractivity contribution in [3.63, 3.8) is 0 Å². The lowest BCUT2D eigenvalue weighted by Gasteiger charge is -2.26. The second-order valence-corrected chi connectivity index (χ2v) is 9.20. The molecule has 3 rings (SSSR count). The number of alkyl halides is 3. The molecule has 0 saturated carbocycles. The number of rotatable bonds is 6. The van der Waals surface area contributed by atoms with Crippen molar-refractivity contribution < 1.29 is 26.4 Å². The molecule has 0 spiro atoms. The van der Waals surface area contributed by atoms with Gasteiger partial charge < -0.3 is 4.90 Å². The highest BCUT2D eigenvalue weighted by Gasteiger charge is 2.33. The van der Waals surface area contributed by atoms with Crippen molar-refractivity contribution in [2.24, 2.45) is 0 Å². The number of aryl methyl sites for hydroxylation is 2. The molecular weight excluding hydrogens is 417 g/mol. The fourth-order valence-electron chi connectivity index (χ4n) is 3.40. The van der Waals surface area contributed by atoms with Gasteiger partial charge in [0.15, 0.2) is 0 Å². The van der Waals surface area contributed by atoms with Gasteiger partial charge in [0, 0.05) is 19.5 Å². The highest BCUT2D eigenvalue weighted by molar-refractivity contribution is 7.89. The van der Waals surface area contributed by atoms with Crippen LogP contribution in [0, 0.1) is 13.8 Å². The van der Waals surface area contributed by atoms with Gasteiger partial charge >= 0.3 is 6.18 Å². The lowest BCUT2D eigenvalue weighted by Crippen LogP contribution is -2.38. The van der Waals surface area contributed by atoms with Gasteiger partial charge in [-0.05, 0) is 61.2 Å². The number of halogens is 3. The number of hydrogen-bond donors (Lipinski definition) is 1. The molecule has 0 bridgehead atoms. The molecule has 2 aromatic carbocycles. The standard InChI is InChI=1S/C21H23F3N2O3S/c1-14-8-9-18(11-15(14)2)30(28,29)25-19(13-26-10-4-7-20(26)27)16-5-3-6-17(12-16)21(22,23)24/h3,5-6,8-9,11-12,19,25H,4,7,10,13H2,1-2H3. The molecule has 2 aromatic rings. The summed E-state index contributed by atoms with van der Waals surface area (Å²) in [5.41, 5.74) is 0.981. The Morgan fingerprint density at radius 2 is 1.83 bits per heavy atom. The summed E-state index contributed by atoms with van der Waals surface area (Å²) in [5, 5.41) is 0. The van der Waals surface area contributed by atoms with E-state index in [-0.39, 0.29) is 22.9 Å². The van der Waals surface area contributed by atoms with Crippen LogP contribution in [0.1, 0.15) is 41.1 Å². The van der Waals surface area contributed by atoms with Gasteiger partial charge in [-0.2, -0.15) is 13.2 Å². The maximum absolute atomic E-state index is 13.2. The maximum atomic E-state index is 13.2. The molecule has 1 saturated heterocycles. The Morgan fingerprint density at radius 3 is 2.43 bits per heavy atom. The van der Waals surface area contributed by atoms with E-state index in [0.29, 0.717) is 19.4 Å². The zero-order valence-corrected chi connectivity index (χ0v) is 17.5. The van der Waals surface area contributed by atoms with Gasteiger partial charge in [-0.15, -0.1) is 0 Å². The fraction of sp³-hybridized carbons (Fsp3) is 0.381. The van der Waals surface area contributed by atoms with Crippen LogP contribution in [0.25, 0.3) is 0 Å². The van der Waals surface area contributed by atoms with Crippen molar-refractivity contribution >= 4 is 15.9 Å². The van der Waals surface area contributed by atoms with Crippen LogP contribution >= 0.6 is 0 Å². The lowest BCUT2D eigenvalue weighted by molar-refractivity contribution is -0.137. The van der Waals surface area contributed by atoms with Gasteiger partial charge in [0.05, 0.1) is 16.5 Å². The summed E-state index contributed by atoms with van der Waals surface area (Å²) in [4.78, 5) is 13.6. The number of hydrogen-bond acceptors (Lipinski definition) is 3. The molecule has 1 N–H and O–H groups in total. The van der Waals surface area contributed by atoms with E-state index < -0.39 is 27.8 Å². The van der Waals surface area contributed by atoms with Crippen molar-refractivity contribution in [1.29, 1.82) is 0 Å². The third-order valence-corrected chi connectivity index (χ3v) is 6.75. The third-order valence-electron chi connectivity index (χ3n) is 5.28. The number of benzene rings is 2. The van der Waals surface area contributed by atoms with Gasteiger partial charge in [0.1, 0.15) is 0 Å². The number of amides is 1.